The zero-order valence-electron chi connectivity index (χ0n) is 11.5. The molecule has 0 fully saturated rings. The van der Waals surface area contributed by atoms with Crippen molar-refractivity contribution >= 4 is 28.2 Å². The number of pyridine rings is 1. The summed E-state index contributed by atoms with van der Waals surface area (Å²) in [6.07, 6.45) is 0. The Hall–Kier alpha value is -2.28. The molecule has 110 valence electrons. The average molecular weight is 308 g/mol. The van der Waals surface area contributed by atoms with Gasteiger partial charge in [-0.15, -0.1) is 11.3 Å². The van der Waals surface area contributed by atoms with Crippen LogP contribution in [-0.2, 0) is 4.74 Å². The number of nitrogens with zero attached hydrogens (tertiary/aromatic N) is 1. The van der Waals surface area contributed by atoms with Crippen LogP contribution >= 0.6 is 11.3 Å². The molecule has 0 aliphatic carbocycles. The van der Waals surface area contributed by atoms with Crippen molar-refractivity contribution in [1.29, 1.82) is 0 Å². The number of thiophene rings is 1. The van der Waals surface area contributed by atoms with Crippen LogP contribution in [-0.4, -0.2) is 23.5 Å². The molecular formula is C14H13FN2O3S. The van der Waals surface area contributed by atoms with Crippen LogP contribution in [0.25, 0.3) is 0 Å². The maximum absolute atomic E-state index is 13.0. The van der Waals surface area contributed by atoms with Gasteiger partial charge in [0.25, 0.3) is 5.91 Å². The standard InChI is InChI=1S/C14H13FN2O3S/c1-3-20-14(19)12-8(2)7-11(21-12)17-13(18)9-5-4-6-10(15)16-9/h4-7H,3H2,1-2H3,(H,17,18). The van der Waals surface area contributed by atoms with E-state index in [9.17, 15) is 14.0 Å². The predicted octanol–water partition coefficient (Wildman–Crippen LogP) is 3.02. The number of amides is 1. The van der Waals surface area contributed by atoms with E-state index in [1.807, 2.05) is 0 Å². The van der Waals surface area contributed by atoms with E-state index in [-0.39, 0.29) is 12.3 Å². The molecule has 2 aromatic rings. The Labute approximate surface area is 124 Å². The summed E-state index contributed by atoms with van der Waals surface area (Å²) in [5.41, 5.74) is 0.680. The van der Waals surface area contributed by atoms with E-state index in [2.05, 4.69) is 10.3 Å². The molecule has 1 amide bonds. The smallest absolute Gasteiger partial charge is 0.348 e. The van der Waals surface area contributed by atoms with E-state index < -0.39 is 17.8 Å². The van der Waals surface area contributed by atoms with Crippen LogP contribution in [0.5, 0.6) is 0 Å². The van der Waals surface area contributed by atoms with Crippen molar-refractivity contribution in [3.63, 3.8) is 0 Å². The van der Waals surface area contributed by atoms with Gasteiger partial charge in [-0.3, -0.25) is 4.79 Å². The fourth-order valence-corrected chi connectivity index (χ4v) is 2.62. The van der Waals surface area contributed by atoms with Crippen LogP contribution in [0.4, 0.5) is 9.39 Å². The van der Waals surface area contributed by atoms with Gasteiger partial charge < -0.3 is 10.1 Å². The number of carbonyl (C=O) groups excluding carboxylic acids is 2. The van der Waals surface area contributed by atoms with Gasteiger partial charge >= 0.3 is 5.97 Å². The largest absolute Gasteiger partial charge is 0.462 e. The molecule has 2 aromatic heterocycles. The van der Waals surface area contributed by atoms with E-state index in [0.717, 1.165) is 17.4 Å². The molecule has 0 unspecified atom stereocenters. The highest BCUT2D eigenvalue weighted by Gasteiger charge is 2.16. The number of aryl methyl sites for hydroxylation is 1. The van der Waals surface area contributed by atoms with Crippen LogP contribution in [0.2, 0.25) is 0 Å². The normalized spacial score (nSPS) is 10.2. The van der Waals surface area contributed by atoms with Gasteiger partial charge in [0.2, 0.25) is 5.95 Å². The van der Waals surface area contributed by atoms with Crippen molar-refractivity contribution < 1.29 is 18.7 Å². The molecule has 21 heavy (non-hydrogen) atoms. The van der Waals surface area contributed by atoms with Crippen molar-refractivity contribution in [2.75, 3.05) is 11.9 Å². The van der Waals surface area contributed by atoms with Gasteiger partial charge in [-0.1, -0.05) is 6.07 Å². The summed E-state index contributed by atoms with van der Waals surface area (Å²) in [5.74, 6) is -1.69. The van der Waals surface area contributed by atoms with E-state index in [1.165, 1.54) is 12.1 Å². The summed E-state index contributed by atoms with van der Waals surface area (Å²) in [6, 6.07) is 5.63. The summed E-state index contributed by atoms with van der Waals surface area (Å²) in [4.78, 5) is 27.6. The van der Waals surface area contributed by atoms with Crippen molar-refractivity contribution in [2.45, 2.75) is 13.8 Å². The zero-order valence-corrected chi connectivity index (χ0v) is 12.3. The Bertz CT molecular complexity index is 685. The number of carbonyl (C=O) groups is 2. The van der Waals surface area contributed by atoms with Crippen molar-refractivity contribution in [2.24, 2.45) is 0 Å². The highest BCUT2D eigenvalue weighted by atomic mass is 32.1. The topological polar surface area (TPSA) is 68.3 Å². The third-order valence-corrected chi connectivity index (χ3v) is 3.70. The lowest BCUT2D eigenvalue weighted by Crippen LogP contribution is -2.13. The molecule has 0 atom stereocenters. The maximum Gasteiger partial charge on any atom is 0.348 e. The van der Waals surface area contributed by atoms with Gasteiger partial charge in [-0.2, -0.15) is 4.39 Å². The summed E-state index contributed by atoms with van der Waals surface area (Å²) in [6.45, 7) is 3.75. The summed E-state index contributed by atoms with van der Waals surface area (Å²) >= 11 is 1.11. The van der Waals surface area contributed by atoms with Gasteiger partial charge in [-0.25, -0.2) is 9.78 Å². The van der Waals surface area contributed by atoms with Crippen molar-refractivity contribution in [1.82, 2.24) is 4.98 Å². The minimum absolute atomic E-state index is 0.0289. The number of nitrogens with one attached hydrogen (secondary N) is 1. The van der Waals surface area contributed by atoms with Gasteiger partial charge in [0, 0.05) is 0 Å². The number of halogens is 1. The van der Waals surface area contributed by atoms with Crippen LogP contribution in [0.3, 0.4) is 0 Å². The first-order valence-electron chi connectivity index (χ1n) is 6.22. The Balaban J connectivity index is 2.15. The SMILES string of the molecule is CCOC(=O)c1sc(NC(=O)c2cccc(F)n2)cc1C. The van der Waals surface area contributed by atoms with E-state index in [0.29, 0.717) is 15.4 Å². The third-order valence-electron chi connectivity index (χ3n) is 2.56. The monoisotopic (exact) mass is 308 g/mol. The van der Waals surface area contributed by atoms with Crippen molar-refractivity contribution in [3.8, 4) is 0 Å². The van der Waals surface area contributed by atoms with Crippen molar-refractivity contribution in [3.05, 3.63) is 46.3 Å². The maximum atomic E-state index is 13.0. The van der Waals surface area contributed by atoms with E-state index >= 15 is 0 Å². The van der Waals surface area contributed by atoms with Crippen LogP contribution in [0.15, 0.2) is 24.3 Å². The highest BCUT2D eigenvalue weighted by Crippen LogP contribution is 2.27. The zero-order chi connectivity index (χ0) is 15.4. The molecule has 0 spiro atoms. The fourth-order valence-electron chi connectivity index (χ4n) is 1.65. The first-order chi connectivity index (χ1) is 10.0. The van der Waals surface area contributed by atoms with Crippen LogP contribution in [0, 0.1) is 12.9 Å². The number of hydrogen-bond donors (Lipinski definition) is 1. The lowest BCUT2D eigenvalue weighted by atomic mass is 10.3. The number of anilines is 1. The molecule has 0 aromatic carbocycles. The molecule has 0 saturated carbocycles. The number of esters is 1. The van der Waals surface area contributed by atoms with Gasteiger partial charge in [-0.05, 0) is 37.6 Å². The van der Waals surface area contributed by atoms with Crippen LogP contribution < -0.4 is 5.32 Å². The molecule has 0 aliphatic heterocycles. The second-order valence-electron chi connectivity index (χ2n) is 4.14. The lowest BCUT2D eigenvalue weighted by Gasteiger charge is -2.01. The molecule has 7 heteroatoms. The van der Waals surface area contributed by atoms with Gasteiger partial charge in [0.05, 0.1) is 11.6 Å². The highest BCUT2D eigenvalue weighted by molar-refractivity contribution is 7.18. The molecule has 1 N–H and O–H groups in total. The molecule has 2 rings (SSSR count). The summed E-state index contributed by atoms with van der Waals surface area (Å²) in [5, 5.41) is 3.06. The summed E-state index contributed by atoms with van der Waals surface area (Å²) < 4.78 is 17.9. The second kappa shape index (κ2) is 6.45. The predicted molar refractivity (Wildman–Crippen MR) is 77.2 cm³/mol. The number of rotatable bonds is 4. The first kappa shape index (κ1) is 15.1. The Morgan fingerprint density at radius 2 is 2.19 bits per heavy atom. The van der Waals surface area contributed by atoms with E-state index in [4.69, 9.17) is 4.74 Å². The van der Waals surface area contributed by atoms with Crippen LogP contribution in [0.1, 0.15) is 32.6 Å². The minimum atomic E-state index is -0.725. The minimum Gasteiger partial charge on any atom is -0.462 e. The Morgan fingerprint density at radius 3 is 2.86 bits per heavy atom. The number of aromatic nitrogens is 1. The lowest BCUT2D eigenvalue weighted by molar-refractivity contribution is 0.0531. The van der Waals surface area contributed by atoms with Gasteiger partial charge in [0.15, 0.2) is 0 Å². The van der Waals surface area contributed by atoms with Gasteiger partial charge in [0.1, 0.15) is 10.6 Å². The molecule has 0 aliphatic rings. The second-order valence-corrected chi connectivity index (χ2v) is 5.20. The third kappa shape index (κ3) is 3.63. The molecule has 0 radical (unpaired) electrons. The first-order valence-corrected chi connectivity index (χ1v) is 7.04. The summed E-state index contributed by atoms with van der Waals surface area (Å²) in [7, 11) is 0. The average Bonchev–Trinajstić information content (AvgIpc) is 2.80. The number of hydrogen-bond acceptors (Lipinski definition) is 5. The molecule has 5 nitrogen and oxygen atoms in total. The van der Waals surface area contributed by atoms with E-state index in [1.54, 1.807) is 19.9 Å². The molecule has 0 saturated heterocycles. The number of ether oxygens (including phenoxy) is 1. The quantitative estimate of drug-likeness (QED) is 0.696. The fraction of sp³-hybridized carbons (Fsp3) is 0.214. The molecule has 0 bridgehead atoms. The Morgan fingerprint density at radius 1 is 1.43 bits per heavy atom. The molecule has 2 heterocycles. The Kier molecular flexibility index (Phi) is 4.64. The molecular weight excluding hydrogens is 295 g/mol.